The molecule has 2 nitrogen and oxygen atoms in total. The highest BCUT2D eigenvalue weighted by atomic mass is 16.2. The van der Waals surface area contributed by atoms with Crippen molar-refractivity contribution in [3.8, 4) is 0 Å². The molecule has 0 heterocycles. The summed E-state index contributed by atoms with van der Waals surface area (Å²) in [5, 5.41) is 0. The number of hydrogen-bond acceptors (Lipinski definition) is 2. The quantitative estimate of drug-likeness (QED) is 0.404. The Morgan fingerprint density at radius 1 is 1.44 bits per heavy atom. The molecule has 1 rings (SSSR count). The van der Waals surface area contributed by atoms with Crippen LogP contribution in [-0.2, 0) is 9.59 Å². The van der Waals surface area contributed by atoms with Crippen LogP contribution in [-0.4, -0.2) is 11.6 Å². The van der Waals surface area contributed by atoms with Crippen molar-refractivity contribution >= 4 is 11.6 Å². The fourth-order valence-electron chi connectivity index (χ4n) is 0.504. The second-order valence-electron chi connectivity index (χ2n) is 2.22. The molecule has 0 atom stereocenters. The molecule has 1 aliphatic carbocycles. The molecule has 2 heteroatoms. The van der Waals surface area contributed by atoms with Gasteiger partial charge < -0.3 is 0 Å². The fourth-order valence-corrected chi connectivity index (χ4v) is 0.504. The van der Waals surface area contributed by atoms with Crippen molar-refractivity contribution in [3.63, 3.8) is 0 Å². The zero-order chi connectivity index (χ0) is 6.85. The first-order valence-electron chi connectivity index (χ1n) is 2.94. The highest BCUT2D eigenvalue weighted by molar-refractivity contribution is 6.40. The summed E-state index contributed by atoms with van der Waals surface area (Å²) in [6.07, 6.45) is 3.44. The zero-order valence-corrected chi connectivity index (χ0v) is 5.31. The van der Waals surface area contributed by atoms with E-state index in [1.807, 2.05) is 0 Å². The summed E-state index contributed by atoms with van der Waals surface area (Å²) in [5.41, 5.74) is 1.11. The standard InChI is InChI=1S/C7H8O2/c1-5(8)7(9)4-6-2-3-6/h4H,2-3H2,1H3. The van der Waals surface area contributed by atoms with E-state index in [1.165, 1.54) is 13.0 Å². The van der Waals surface area contributed by atoms with E-state index in [0.29, 0.717) is 0 Å². The third-order valence-corrected chi connectivity index (χ3v) is 1.22. The van der Waals surface area contributed by atoms with Gasteiger partial charge in [0, 0.05) is 6.92 Å². The van der Waals surface area contributed by atoms with E-state index in [9.17, 15) is 9.59 Å². The van der Waals surface area contributed by atoms with Crippen LogP contribution in [0, 0.1) is 0 Å². The minimum absolute atomic E-state index is 0.359. The maximum absolute atomic E-state index is 10.6. The van der Waals surface area contributed by atoms with E-state index in [2.05, 4.69) is 0 Å². The Morgan fingerprint density at radius 2 is 2.00 bits per heavy atom. The minimum Gasteiger partial charge on any atom is -0.291 e. The molecule has 1 saturated carbocycles. The van der Waals surface area contributed by atoms with E-state index in [1.54, 1.807) is 0 Å². The summed E-state index contributed by atoms with van der Waals surface area (Å²) in [6.45, 7) is 1.29. The topological polar surface area (TPSA) is 34.1 Å². The maximum atomic E-state index is 10.6. The molecule has 9 heavy (non-hydrogen) atoms. The largest absolute Gasteiger partial charge is 0.291 e. The van der Waals surface area contributed by atoms with Crippen LogP contribution in [0.15, 0.2) is 11.6 Å². The molecule has 0 radical (unpaired) electrons. The van der Waals surface area contributed by atoms with Crippen molar-refractivity contribution in [1.82, 2.24) is 0 Å². The third-order valence-electron chi connectivity index (χ3n) is 1.22. The molecule has 0 aromatic carbocycles. The van der Waals surface area contributed by atoms with E-state index in [-0.39, 0.29) is 11.6 Å². The Hall–Kier alpha value is -0.920. The van der Waals surface area contributed by atoms with Gasteiger partial charge in [-0.1, -0.05) is 5.57 Å². The average molecular weight is 124 g/mol. The van der Waals surface area contributed by atoms with Gasteiger partial charge in [-0.05, 0) is 18.9 Å². The number of carbonyl (C=O) groups excluding carboxylic acids is 2. The van der Waals surface area contributed by atoms with Crippen molar-refractivity contribution in [2.45, 2.75) is 19.8 Å². The highest BCUT2D eigenvalue weighted by Crippen LogP contribution is 2.27. The molecular formula is C7H8O2. The van der Waals surface area contributed by atoms with Crippen LogP contribution in [0.4, 0.5) is 0 Å². The summed E-state index contributed by atoms with van der Waals surface area (Å²) in [5.74, 6) is -0.725. The molecule has 0 bridgehead atoms. The molecule has 0 aliphatic heterocycles. The van der Waals surface area contributed by atoms with Gasteiger partial charge in [0.25, 0.3) is 0 Å². The molecular weight excluding hydrogens is 116 g/mol. The molecule has 0 aromatic rings. The Balaban J connectivity index is 2.53. The molecule has 1 fully saturated rings. The Kier molecular flexibility index (Phi) is 1.47. The van der Waals surface area contributed by atoms with E-state index >= 15 is 0 Å². The number of allylic oxidation sites excluding steroid dienone is 2. The van der Waals surface area contributed by atoms with Gasteiger partial charge in [-0.2, -0.15) is 0 Å². The molecule has 0 saturated heterocycles. The summed E-state index contributed by atoms with van der Waals surface area (Å²) in [4.78, 5) is 20.9. The first-order chi connectivity index (χ1) is 4.20. The van der Waals surface area contributed by atoms with Crippen LogP contribution in [0.3, 0.4) is 0 Å². The Labute approximate surface area is 53.6 Å². The van der Waals surface area contributed by atoms with Gasteiger partial charge in [0.2, 0.25) is 5.78 Å². The van der Waals surface area contributed by atoms with Gasteiger partial charge in [-0.15, -0.1) is 0 Å². The van der Waals surface area contributed by atoms with Gasteiger partial charge in [-0.3, -0.25) is 9.59 Å². The first kappa shape index (κ1) is 6.20. The number of ketones is 2. The maximum Gasteiger partial charge on any atom is 0.221 e. The van der Waals surface area contributed by atoms with Gasteiger partial charge in [0.15, 0.2) is 5.78 Å². The van der Waals surface area contributed by atoms with Crippen molar-refractivity contribution < 1.29 is 9.59 Å². The van der Waals surface area contributed by atoms with Crippen LogP contribution in [0.5, 0.6) is 0 Å². The number of rotatable bonds is 2. The Morgan fingerprint density at radius 3 is 2.33 bits per heavy atom. The lowest BCUT2D eigenvalue weighted by Crippen LogP contribution is -2.04. The normalized spacial score (nSPS) is 15.0. The fraction of sp³-hybridized carbons (Fsp3) is 0.429. The molecule has 0 aromatic heterocycles. The average Bonchev–Trinajstić information content (AvgIpc) is 2.50. The van der Waals surface area contributed by atoms with E-state index < -0.39 is 0 Å². The molecule has 0 amide bonds. The third kappa shape index (κ3) is 1.80. The SMILES string of the molecule is CC(=O)C(=O)C=C1CC1. The van der Waals surface area contributed by atoms with Gasteiger partial charge in [0.05, 0.1) is 0 Å². The molecule has 0 N–H and O–H groups in total. The van der Waals surface area contributed by atoms with Gasteiger partial charge in [0.1, 0.15) is 0 Å². The van der Waals surface area contributed by atoms with Crippen LogP contribution in [0.2, 0.25) is 0 Å². The van der Waals surface area contributed by atoms with Gasteiger partial charge >= 0.3 is 0 Å². The zero-order valence-electron chi connectivity index (χ0n) is 5.31. The van der Waals surface area contributed by atoms with Crippen LogP contribution < -0.4 is 0 Å². The predicted molar refractivity (Wildman–Crippen MR) is 33.0 cm³/mol. The summed E-state index contributed by atoms with van der Waals surface area (Å²) in [7, 11) is 0. The van der Waals surface area contributed by atoms with Crippen molar-refractivity contribution in [2.24, 2.45) is 0 Å². The number of Topliss-reactive ketones (excluding diaryl/α,β-unsaturated/α-hetero) is 1. The van der Waals surface area contributed by atoms with Crippen molar-refractivity contribution in [1.29, 1.82) is 0 Å². The number of hydrogen-bond donors (Lipinski definition) is 0. The van der Waals surface area contributed by atoms with Crippen LogP contribution in [0.25, 0.3) is 0 Å². The lowest BCUT2D eigenvalue weighted by Gasteiger charge is -1.79. The second kappa shape index (κ2) is 2.13. The Bertz CT molecular complexity index is 183. The van der Waals surface area contributed by atoms with E-state index in [4.69, 9.17) is 0 Å². The lowest BCUT2D eigenvalue weighted by molar-refractivity contribution is -0.132. The second-order valence-corrected chi connectivity index (χ2v) is 2.22. The van der Waals surface area contributed by atoms with Crippen LogP contribution >= 0.6 is 0 Å². The molecule has 0 unspecified atom stereocenters. The summed E-state index contributed by atoms with van der Waals surface area (Å²) < 4.78 is 0. The highest BCUT2D eigenvalue weighted by Gasteiger charge is 2.14. The molecule has 1 aliphatic rings. The molecule has 0 spiro atoms. The van der Waals surface area contributed by atoms with Gasteiger partial charge in [-0.25, -0.2) is 0 Å². The first-order valence-corrected chi connectivity index (χ1v) is 2.94. The smallest absolute Gasteiger partial charge is 0.221 e. The minimum atomic E-state index is -0.366. The molecule has 48 valence electrons. The predicted octanol–water partition coefficient (Wildman–Crippen LogP) is 0.865. The van der Waals surface area contributed by atoms with E-state index in [0.717, 1.165) is 18.4 Å². The lowest BCUT2D eigenvalue weighted by atomic mass is 10.2. The van der Waals surface area contributed by atoms with Crippen molar-refractivity contribution in [3.05, 3.63) is 11.6 Å². The van der Waals surface area contributed by atoms with Crippen LogP contribution in [0.1, 0.15) is 19.8 Å². The summed E-state index contributed by atoms with van der Waals surface area (Å²) >= 11 is 0. The number of carbonyl (C=O) groups is 2. The monoisotopic (exact) mass is 124 g/mol. The summed E-state index contributed by atoms with van der Waals surface area (Å²) in [6, 6.07) is 0. The van der Waals surface area contributed by atoms with Crippen molar-refractivity contribution in [2.75, 3.05) is 0 Å².